The molecule has 2 heteroatoms. The predicted octanol–water partition coefficient (Wildman–Crippen LogP) is 1.18. The Morgan fingerprint density at radius 3 is 2.25 bits per heavy atom. The molecule has 1 aliphatic carbocycles. The maximum Gasteiger partial charge on any atom is 0.0850 e. The maximum atomic E-state index is 5.28. The van der Waals surface area contributed by atoms with E-state index in [-0.39, 0.29) is 0 Å². The van der Waals surface area contributed by atoms with Crippen molar-refractivity contribution in [1.29, 1.82) is 0 Å². The minimum absolute atomic E-state index is 0.508. The molecule has 3 atom stereocenters. The van der Waals surface area contributed by atoms with Gasteiger partial charge in [-0.25, -0.2) is 0 Å². The molecule has 0 aromatic rings. The van der Waals surface area contributed by atoms with Crippen molar-refractivity contribution in [3.05, 3.63) is 0 Å². The van der Waals surface area contributed by atoms with Gasteiger partial charge in [0.25, 0.3) is 0 Å². The second-order valence-electron chi connectivity index (χ2n) is 3.28. The highest BCUT2D eigenvalue weighted by Crippen LogP contribution is 2.48. The summed E-state index contributed by atoms with van der Waals surface area (Å²) in [4.78, 5) is 0. The molecule has 1 heterocycles. The molecule has 1 nitrogen and oxygen atoms in total. The van der Waals surface area contributed by atoms with Crippen LogP contribution in [0.3, 0.4) is 0 Å². The van der Waals surface area contributed by atoms with Gasteiger partial charge in [0.2, 0.25) is 0 Å². The zero-order valence-corrected chi connectivity index (χ0v) is 6.21. The summed E-state index contributed by atoms with van der Waals surface area (Å²) >= 11 is 0. The zero-order valence-electron chi connectivity index (χ0n) is 5.05. The molecule has 0 spiro atoms. The summed E-state index contributed by atoms with van der Waals surface area (Å²) in [6.07, 6.45) is 3.78. The lowest BCUT2D eigenvalue weighted by atomic mass is 10.1. The number of hydrogen-bond donors (Lipinski definition) is 0. The predicted molar refractivity (Wildman–Crippen MR) is 36.0 cm³/mol. The lowest BCUT2D eigenvalue weighted by Crippen LogP contribution is -2.12. The summed E-state index contributed by atoms with van der Waals surface area (Å²) in [7, 11) is 2.90. The van der Waals surface area contributed by atoms with E-state index >= 15 is 0 Å². The minimum Gasteiger partial charge on any atom is -0.370 e. The standard InChI is InChI=1S/C6H11OP/c1-6(8)2-4-5(3-6)7-4/h4-5H,2-3,8H2,1H3. The van der Waals surface area contributed by atoms with Gasteiger partial charge < -0.3 is 4.74 Å². The van der Waals surface area contributed by atoms with E-state index in [0.717, 1.165) is 0 Å². The Morgan fingerprint density at radius 2 is 2.00 bits per heavy atom. The van der Waals surface area contributed by atoms with Gasteiger partial charge in [0.05, 0.1) is 12.2 Å². The first-order valence-corrected chi connectivity index (χ1v) is 3.69. The average Bonchev–Trinajstić information content (AvgIpc) is 2.11. The normalized spacial score (nSPS) is 60.8. The minimum atomic E-state index is 0.508. The molecule has 0 aromatic carbocycles. The summed E-state index contributed by atoms with van der Waals surface area (Å²) in [5.41, 5.74) is 0. The molecule has 1 aliphatic heterocycles. The van der Waals surface area contributed by atoms with Crippen LogP contribution >= 0.6 is 9.24 Å². The molecule has 46 valence electrons. The van der Waals surface area contributed by atoms with Crippen molar-refractivity contribution in [2.45, 2.75) is 37.1 Å². The Morgan fingerprint density at radius 1 is 1.50 bits per heavy atom. The quantitative estimate of drug-likeness (QED) is 0.354. The maximum absolute atomic E-state index is 5.28. The third kappa shape index (κ3) is 0.691. The highest BCUT2D eigenvalue weighted by Gasteiger charge is 2.51. The molecule has 0 amide bonds. The second-order valence-corrected chi connectivity index (χ2v) is 4.67. The number of ether oxygens (including phenoxy) is 1. The van der Waals surface area contributed by atoms with Crippen LogP contribution in [0.1, 0.15) is 19.8 Å². The van der Waals surface area contributed by atoms with E-state index in [1.54, 1.807) is 0 Å². The fraction of sp³-hybridized carbons (Fsp3) is 1.00. The van der Waals surface area contributed by atoms with Crippen LogP contribution in [-0.2, 0) is 4.74 Å². The van der Waals surface area contributed by atoms with Gasteiger partial charge in [-0.3, -0.25) is 0 Å². The Labute approximate surface area is 52.0 Å². The highest BCUT2D eigenvalue weighted by molar-refractivity contribution is 7.18. The molecular weight excluding hydrogens is 119 g/mol. The molecule has 2 fully saturated rings. The third-order valence-electron chi connectivity index (χ3n) is 2.02. The first kappa shape index (κ1) is 5.20. The smallest absolute Gasteiger partial charge is 0.0850 e. The van der Waals surface area contributed by atoms with Gasteiger partial charge in [-0.2, -0.15) is 0 Å². The van der Waals surface area contributed by atoms with Crippen molar-refractivity contribution in [3.63, 3.8) is 0 Å². The van der Waals surface area contributed by atoms with Gasteiger partial charge >= 0.3 is 0 Å². The van der Waals surface area contributed by atoms with Crippen LogP contribution in [0.15, 0.2) is 0 Å². The van der Waals surface area contributed by atoms with Crippen molar-refractivity contribution in [3.8, 4) is 0 Å². The van der Waals surface area contributed by atoms with Crippen molar-refractivity contribution in [2.75, 3.05) is 0 Å². The number of epoxide rings is 1. The van der Waals surface area contributed by atoms with Crippen molar-refractivity contribution >= 4 is 9.24 Å². The first-order chi connectivity index (χ1) is 3.67. The van der Waals surface area contributed by atoms with E-state index < -0.39 is 0 Å². The largest absolute Gasteiger partial charge is 0.370 e. The number of hydrogen-bond acceptors (Lipinski definition) is 1. The van der Waals surface area contributed by atoms with Gasteiger partial charge in [-0.1, -0.05) is 6.92 Å². The molecule has 2 aliphatic rings. The van der Waals surface area contributed by atoms with Crippen molar-refractivity contribution < 1.29 is 4.74 Å². The molecule has 1 saturated carbocycles. The van der Waals surface area contributed by atoms with Gasteiger partial charge in [0.1, 0.15) is 0 Å². The topological polar surface area (TPSA) is 12.5 Å². The number of rotatable bonds is 0. The van der Waals surface area contributed by atoms with Crippen molar-refractivity contribution in [1.82, 2.24) is 0 Å². The van der Waals surface area contributed by atoms with Gasteiger partial charge in [-0.05, 0) is 18.0 Å². The summed E-state index contributed by atoms with van der Waals surface area (Å²) < 4.78 is 5.28. The molecule has 0 aromatic heterocycles. The van der Waals surface area contributed by atoms with Crippen LogP contribution in [0.5, 0.6) is 0 Å². The lowest BCUT2D eigenvalue weighted by molar-refractivity contribution is 0.297. The molecule has 8 heavy (non-hydrogen) atoms. The fourth-order valence-corrected chi connectivity index (χ4v) is 2.01. The van der Waals surface area contributed by atoms with E-state index in [2.05, 4.69) is 16.2 Å². The Bertz CT molecular complexity index is 110. The van der Waals surface area contributed by atoms with Gasteiger partial charge in [0, 0.05) is 0 Å². The second kappa shape index (κ2) is 1.27. The van der Waals surface area contributed by atoms with Crippen LogP contribution in [0.4, 0.5) is 0 Å². The monoisotopic (exact) mass is 130 g/mol. The molecule has 0 radical (unpaired) electrons. The molecule has 2 rings (SSSR count). The first-order valence-electron chi connectivity index (χ1n) is 3.12. The summed E-state index contributed by atoms with van der Waals surface area (Å²) in [5, 5.41) is 0.508. The molecule has 1 saturated heterocycles. The van der Waals surface area contributed by atoms with Crippen LogP contribution in [0.2, 0.25) is 0 Å². The highest BCUT2D eigenvalue weighted by atomic mass is 31.0. The molecule has 0 bridgehead atoms. The third-order valence-corrected chi connectivity index (χ3v) is 2.49. The molecule has 3 unspecified atom stereocenters. The summed E-state index contributed by atoms with van der Waals surface area (Å²) in [6.45, 7) is 2.28. The van der Waals surface area contributed by atoms with E-state index in [0.29, 0.717) is 17.4 Å². The van der Waals surface area contributed by atoms with E-state index in [1.165, 1.54) is 12.8 Å². The van der Waals surface area contributed by atoms with Gasteiger partial charge in [-0.15, -0.1) is 9.24 Å². The van der Waals surface area contributed by atoms with Crippen LogP contribution < -0.4 is 0 Å². The summed E-state index contributed by atoms with van der Waals surface area (Å²) in [5.74, 6) is 0. The van der Waals surface area contributed by atoms with E-state index in [9.17, 15) is 0 Å². The van der Waals surface area contributed by atoms with E-state index in [1.807, 2.05) is 0 Å². The zero-order chi connectivity index (χ0) is 5.78. The van der Waals surface area contributed by atoms with Crippen LogP contribution in [0.25, 0.3) is 0 Å². The average molecular weight is 130 g/mol. The lowest BCUT2D eigenvalue weighted by Gasteiger charge is -2.16. The fourth-order valence-electron chi connectivity index (χ4n) is 1.54. The molecular formula is C6H11OP. The summed E-state index contributed by atoms with van der Waals surface area (Å²) in [6, 6.07) is 0. The number of fused-ring (bicyclic) bond motifs is 1. The van der Waals surface area contributed by atoms with Crippen molar-refractivity contribution in [2.24, 2.45) is 0 Å². The van der Waals surface area contributed by atoms with Crippen LogP contribution in [-0.4, -0.2) is 17.4 Å². The Balaban J connectivity index is 2.08. The van der Waals surface area contributed by atoms with Gasteiger partial charge in [0.15, 0.2) is 0 Å². The molecule has 0 N–H and O–H groups in total. The Hall–Kier alpha value is 0.390. The van der Waals surface area contributed by atoms with E-state index in [4.69, 9.17) is 4.74 Å². The van der Waals surface area contributed by atoms with Crippen LogP contribution in [0, 0.1) is 0 Å². The SMILES string of the molecule is CC1(P)CC2OC2C1. The Kier molecular flexibility index (Phi) is 0.828.